The molecule has 4 nitrogen and oxygen atoms in total. The number of hydrogen-bond acceptors (Lipinski definition) is 4. The van der Waals surface area contributed by atoms with E-state index in [9.17, 15) is 4.79 Å². The Labute approximate surface area is 168 Å². The summed E-state index contributed by atoms with van der Waals surface area (Å²) < 4.78 is 17.0. The van der Waals surface area contributed by atoms with Crippen LogP contribution in [-0.2, 0) is 4.79 Å². The maximum absolute atomic E-state index is 12.2. The highest BCUT2D eigenvalue weighted by Gasteiger charge is 2.10. The molecule has 2 aromatic rings. The number of carbonyl (C=O) groups is 1. The fourth-order valence-corrected chi connectivity index (χ4v) is 2.70. The number of benzene rings is 2. The lowest BCUT2D eigenvalue weighted by atomic mass is 10.0. The van der Waals surface area contributed by atoms with Crippen LogP contribution in [0.1, 0.15) is 57.6 Å². The highest BCUT2D eigenvalue weighted by atomic mass is 16.5. The van der Waals surface area contributed by atoms with E-state index in [1.807, 2.05) is 49.4 Å². The molecule has 28 heavy (non-hydrogen) atoms. The van der Waals surface area contributed by atoms with Crippen LogP contribution in [0.15, 0.2) is 48.5 Å². The second kappa shape index (κ2) is 11.2. The zero-order valence-electron chi connectivity index (χ0n) is 17.2. The first-order chi connectivity index (χ1) is 13.5. The predicted molar refractivity (Wildman–Crippen MR) is 113 cm³/mol. The molecule has 0 bridgehead atoms. The first-order valence-electron chi connectivity index (χ1n) is 9.93. The van der Waals surface area contributed by atoms with Crippen molar-refractivity contribution < 1.29 is 19.0 Å². The summed E-state index contributed by atoms with van der Waals surface area (Å²) in [5.74, 6) is 1.87. The standard InChI is InChI=1S/C24H30O4/c1-5-7-16-27-22-14-12-19(17-23(22)26-6-2)13-15-24(25)28-21-11-9-8-10-20(21)18(3)4/h8-15,17-18H,5-7,16H2,1-4H3/b15-13+. The minimum atomic E-state index is -0.408. The molecule has 0 N–H and O–H groups in total. The number of esters is 1. The highest BCUT2D eigenvalue weighted by Crippen LogP contribution is 2.29. The Morgan fingerprint density at radius 2 is 1.79 bits per heavy atom. The molecule has 2 aromatic carbocycles. The molecule has 0 radical (unpaired) electrons. The molecular formula is C24H30O4. The number of rotatable bonds is 10. The predicted octanol–water partition coefficient (Wildman–Crippen LogP) is 6.01. The Bertz CT molecular complexity index is 793. The summed E-state index contributed by atoms with van der Waals surface area (Å²) in [6.45, 7) is 9.41. The van der Waals surface area contributed by atoms with E-state index in [2.05, 4.69) is 20.8 Å². The fraction of sp³-hybridized carbons (Fsp3) is 0.375. The number of ether oxygens (including phenoxy) is 3. The Kier molecular flexibility index (Phi) is 8.60. The van der Waals surface area contributed by atoms with Crippen LogP contribution in [0, 0.1) is 0 Å². The van der Waals surface area contributed by atoms with Crippen LogP contribution in [0.5, 0.6) is 17.2 Å². The van der Waals surface area contributed by atoms with Gasteiger partial charge in [-0.3, -0.25) is 0 Å². The molecular weight excluding hydrogens is 352 g/mol. The van der Waals surface area contributed by atoms with Crippen molar-refractivity contribution in [3.63, 3.8) is 0 Å². The normalized spacial score (nSPS) is 11.0. The van der Waals surface area contributed by atoms with Gasteiger partial charge in [-0.05, 0) is 54.7 Å². The molecule has 0 saturated heterocycles. The van der Waals surface area contributed by atoms with Gasteiger partial charge in [0.05, 0.1) is 13.2 Å². The van der Waals surface area contributed by atoms with Gasteiger partial charge in [-0.15, -0.1) is 0 Å². The van der Waals surface area contributed by atoms with Gasteiger partial charge in [0, 0.05) is 6.08 Å². The summed E-state index contributed by atoms with van der Waals surface area (Å²) in [7, 11) is 0. The van der Waals surface area contributed by atoms with Crippen LogP contribution in [0.2, 0.25) is 0 Å². The van der Waals surface area contributed by atoms with E-state index in [1.54, 1.807) is 6.08 Å². The molecule has 0 aromatic heterocycles. The van der Waals surface area contributed by atoms with Crippen molar-refractivity contribution in [3.05, 3.63) is 59.7 Å². The van der Waals surface area contributed by atoms with Crippen LogP contribution in [-0.4, -0.2) is 19.2 Å². The largest absolute Gasteiger partial charge is 0.490 e. The number of hydrogen-bond donors (Lipinski definition) is 0. The number of unbranched alkanes of at least 4 members (excludes halogenated alkanes) is 1. The van der Waals surface area contributed by atoms with E-state index < -0.39 is 5.97 Å². The minimum Gasteiger partial charge on any atom is -0.490 e. The van der Waals surface area contributed by atoms with Crippen molar-refractivity contribution in [1.82, 2.24) is 0 Å². The van der Waals surface area contributed by atoms with Gasteiger partial charge in [0.15, 0.2) is 11.5 Å². The van der Waals surface area contributed by atoms with Gasteiger partial charge in [0.25, 0.3) is 0 Å². The van der Waals surface area contributed by atoms with Gasteiger partial charge < -0.3 is 14.2 Å². The van der Waals surface area contributed by atoms with E-state index in [0.717, 1.165) is 29.7 Å². The topological polar surface area (TPSA) is 44.8 Å². The lowest BCUT2D eigenvalue weighted by Gasteiger charge is -2.12. The Hall–Kier alpha value is -2.75. The van der Waals surface area contributed by atoms with E-state index in [0.29, 0.717) is 24.7 Å². The molecule has 0 atom stereocenters. The summed E-state index contributed by atoms with van der Waals surface area (Å²) in [6, 6.07) is 13.2. The lowest BCUT2D eigenvalue weighted by molar-refractivity contribution is -0.128. The average molecular weight is 383 g/mol. The second-order valence-corrected chi connectivity index (χ2v) is 6.79. The van der Waals surface area contributed by atoms with Gasteiger partial charge in [-0.25, -0.2) is 4.79 Å². The molecule has 0 aliphatic heterocycles. The van der Waals surface area contributed by atoms with Crippen LogP contribution in [0.4, 0.5) is 0 Å². The van der Waals surface area contributed by atoms with Crippen molar-refractivity contribution in [1.29, 1.82) is 0 Å². The molecule has 150 valence electrons. The fourth-order valence-electron chi connectivity index (χ4n) is 2.70. The summed E-state index contributed by atoms with van der Waals surface area (Å²) in [5.41, 5.74) is 1.86. The van der Waals surface area contributed by atoms with Crippen molar-refractivity contribution in [2.45, 2.75) is 46.5 Å². The number of para-hydroxylation sites is 1. The molecule has 2 rings (SSSR count). The second-order valence-electron chi connectivity index (χ2n) is 6.79. The molecule has 0 spiro atoms. The van der Waals surface area contributed by atoms with Crippen LogP contribution in [0.25, 0.3) is 6.08 Å². The Balaban J connectivity index is 2.08. The molecule has 4 heteroatoms. The van der Waals surface area contributed by atoms with Crippen molar-refractivity contribution in [2.24, 2.45) is 0 Å². The zero-order valence-corrected chi connectivity index (χ0v) is 17.2. The minimum absolute atomic E-state index is 0.280. The molecule has 0 unspecified atom stereocenters. The average Bonchev–Trinajstić information content (AvgIpc) is 2.68. The van der Waals surface area contributed by atoms with Crippen LogP contribution >= 0.6 is 0 Å². The van der Waals surface area contributed by atoms with Crippen LogP contribution < -0.4 is 14.2 Å². The van der Waals surface area contributed by atoms with Gasteiger partial charge in [-0.2, -0.15) is 0 Å². The maximum Gasteiger partial charge on any atom is 0.336 e. The lowest BCUT2D eigenvalue weighted by Crippen LogP contribution is -2.06. The van der Waals surface area contributed by atoms with E-state index >= 15 is 0 Å². The van der Waals surface area contributed by atoms with E-state index in [1.165, 1.54) is 6.08 Å². The molecule has 0 heterocycles. The summed E-state index contributed by atoms with van der Waals surface area (Å²) in [4.78, 5) is 12.2. The Morgan fingerprint density at radius 3 is 2.50 bits per heavy atom. The van der Waals surface area contributed by atoms with E-state index in [4.69, 9.17) is 14.2 Å². The molecule has 0 aliphatic carbocycles. The zero-order chi connectivity index (χ0) is 20.4. The van der Waals surface area contributed by atoms with Crippen molar-refractivity contribution in [3.8, 4) is 17.2 Å². The van der Waals surface area contributed by atoms with E-state index in [-0.39, 0.29) is 5.92 Å². The first kappa shape index (κ1) is 21.5. The molecule has 0 aliphatic rings. The molecule has 0 fully saturated rings. The highest BCUT2D eigenvalue weighted by molar-refractivity contribution is 5.89. The van der Waals surface area contributed by atoms with Gasteiger partial charge in [0.2, 0.25) is 0 Å². The third kappa shape index (κ3) is 6.45. The SMILES string of the molecule is CCCCOc1ccc(/C=C/C(=O)Oc2ccccc2C(C)C)cc1OCC. The quantitative estimate of drug-likeness (QED) is 0.219. The van der Waals surface area contributed by atoms with Crippen molar-refractivity contribution >= 4 is 12.0 Å². The smallest absolute Gasteiger partial charge is 0.336 e. The third-order valence-corrected chi connectivity index (χ3v) is 4.19. The van der Waals surface area contributed by atoms with Gasteiger partial charge >= 0.3 is 5.97 Å². The third-order valence-electron chi connectivity index (χ3n) is 4.19. The molecule has 0 saturated carbocycles. The maximum atomic E-state index is 12.2. The number of carbonyl (C=O) groups excluding carboxylic acids is 1. The monoisotopic (exact) mass is 382 g/mol. The Morgan fingerprint density at radius 1 is 1.00 bits per heavy atom. The summed E-state index contributed by atoms with van der Waals surface area (Å²) in [5, 5.41) is 0. The van der Waals surface area contributed by atoms with Crippen molar-refractivity contribution in [2.75, 3.05) is 13.2 Å². The molecule has 0 amide bonds. The van der Waals surface area contributed by atoms with Gasteiger partial charge in [-0.1, -0.05) is 51.5 Å². The first-order valence-corrected chi connectivity index (χ1v) is 9.93. The van der Waals surface area contributed by atoms with Crippen LogP contribution in [0.3, 0.4) is 0 Å². The van der Waals surface area contributed by atoms with Gasteiger partial charge in [0.1, 0.15) is 5.75 Å². The summed E-state index contributed by atoms with van der Waals surface area (Å²) >= 11 is 0. The summed E-state index contributed by atoms with van der Waals surface area (Å²) in [6.07, 6.45) is 5.22.